The molecule has 1 aromatic heterocycles. The number of benzene rings is 2. The van der Waals surface area contributed by atoms with Gasteiger partial charge in [0.25, 0.3) is 5.91 Å². The van der Waals surface area contributed by atoms with E-state index in [1.807, 2.05) is 19.2 Å². The van der Waals surface area contributed by atoms with Gasteiger partial charge in [0, 0.05) is 43.4 Å². The van der Waals surface area contributed by atoms with E-state index in [1.165, 1.54) is 12.1 Å². The van der Waals surface area contributed by atoms with Crippen LogP contribution >= 0.6 is 11.6 Å². The van der Waals surface area contributed by atoms with Crippen LogP contribution in [-0.2, 0) is 7.05 Å². The lowest BCUT2D eigenvalue weighted by atomic mass is 9.85. The third kappa shape index (κ3) is 4.22. The van der Waals surface area contributed by atoms with E-state index in [0.29, 0.717) is 35.7 Å². The predicted octanol–water partition coefficient (Wildman–Crippen LogP) is 3.89. The summed E-state index contributed by atoms with van der Waals surface area (Å²) in [4.78, 5) is 12.9. The van der Waals surface area contributed by atoms with E-state index in [-0.39, 0.29) is 17.9 Å². The number of aromatic nitrogens is 2. The predicted molar refractivity (Wildman–Crippen MR) is 111 cm³/mol. The van der Waals surface area contributed by atoms with Gasteiger partial charge in [0.15, 0.2) is 0 Å². The Kier molecular flexibility index (Phi) is 5.83. The number of nitrogens with one attached hydrogen (secondary N) is 2. The van der Waals surface area contributed by atoms with Gasteiger partial charge < -0.3 is 10.6 Å². The molecule has 5 nitrogen and oxygen atoms in total. The van der Waals surface area contributed by atoms with Gasteiger partial charge in [-0.05, 0) is 48.9 Å². The summed E-state index contributed by atoms with van der Waals surface area (Å²) in [7, 11) is 1.83. The van der Waals surface area contributed by atoms with Crippen LogP contribution in [0.1, 0.15) is 28.3 Å². The van der Waals surface area contributed by atoms with Crippen molar-refractivity contribution in [3.05, 3.63) is 76.4 Å². The number of hydrogen-bond donors (Lipinski definition) is 2. The molecule has 1 amide bonds. The van der Waals surface area contributed by atoms with Gasteiger partial charge in [-0.25, -0.2) is 8.78 Å². The number of nitrogens with zero attached hydrogens (tertiary/aromatic N) is 2. The molecule has 0 unspecified atom stereocenters. The molecule has 0 aliphatic carbocycles. The van der Waals surface area contributed by atoms with Crippen molar-refractivity contribution in [1.29, 1.82) is 0 Å². The first kappa shape index (κ1) is 20.5. The van der Waals surface area contributed by atoms with Crippen LogP contribution in [-0.4, -0.2) is 34.8 Å². The Labute approximate surface area is 178 Å². The number of carbonyl (C=O) groups excluding carboxylic acids is 1. The fourth-order valence-electron chi connectivity index (χ4n) is 3.96. The molecular weight excluding hydrogens is 410 g/mol. The van der Waals surface area contributed by atoms with Crippen molar-refractivity contribution in [2.45, 2.75) is 18.4 Å². The Hall–Kier alpha value is -2.77. The summed E-state index contributed by atoms with van der Waals surface area (Å²) in [6.45, 7) is 1.20. The number of rotatable bonds is 4. The summed E-state index contributed by atoms with van der Waals surface area (Å²) >= 11 is 6.40. The third-order valence-corrected chi connectivity index (χ3v) is 5.75. The Morgan fingerprint density at radius 2 is 1.97 bits per heavy atom. The van der Waals surface area contributed by atoms with Crippen LogP contribution in [0.5, 0.6) is 0 Å². The van der Waals surface area contributed by atoms with E-state index in [1.54, 1.807) is 23.0 Å². The van der Waals surface area contributed by atoms with Crippen molar-refractivity contribution >= 4 is 17.5 Å². The molecule has 4 rings (SSSR count). The highest BCUT2D eigenvalue weighted by Crippen LogP contribution is 2.29. The molecule has 0 bridgehead atoms. The fourth-order valence-corrected chi connectivity index (χ4v) is 4.23. The lowest BCUT2D eigenvalue weighted by Gasteiger charge is -2.33. The van der Waals surface area contributed by atoms with Crippen molar-refractivity contribution in [1.82, 2.24) is 20.4 Å². The lowest BCUT2D eigenvalue weighted by molar-refractivity contribution is 0.0924. The molecule has 2 heterocycles. The van der Waals surface area contributed by atoms with Crippen molar-refractivity contribution in [3.63, 3.8) is 0 Å². The van der Waals surface area contributed by atoms with Gasteiger partial charge in [-0.1, -0.05) is 17.7 Å². The quantitative estimate of drug-likeness (QED) is 0.660. The van der Waals surface area contributed by atoms with Gasteiger partial charge >= 0.3 is 0 Å². The summed E-state index contributed by atoms with van der Waals surface area (Å²) in [5, 5.41) is 10.7. The molecule has 8 heteroatoms. The first-order valence-electron chi connectivity index (χ1n) is 9.68. The molecule has 2 atom stereocenters. The second kappa shape index (κ2) is 8.53. The van der Waals surface area contributed by atoms with Crippen molar-refractivity contribution in [2.24, 2.45) is 7.05 Å². The molecule has 2 N–H and O–H groups in total. The normalized spacial score (nSPS) is 18.9. The average Bonchev–Trinajstić information content (AvgIpc) is 3.13. The minimum atomic E-state index is -0.623. The zero-order chi connectivity index (χ0) is 21.3. The molecule has 1 fully saturated rings. The highest BCUT2D eigenvalue weighted by Gasteiger charge is 2.29. The topological polar surface area (TPSA) is 59.0 Å². The Morgan fingerprint density at radius 3 is 2.63 bits per heavy atom. The first-order valence-corrected chi connectivity index (χ1v) is 10.1. The highest BCUT2D eigenvalue weighted by molar-refractivity contribution is 6.34. The molecule has 2 aromatic carbocycles. The third-order valence-electron chi connectivity index (χ3n) is 5.44. The van der Waals surface area contributed by atoms with Gasteiger partial charge in [0.05, 0.1) is 16.3 Å². The minimum absolute atomic E-state index is 0.201. The summed E-state index contributed by atoms with van der Waals surface area (Å²) < 4.78 is 29.1. The van der Waals surface area contributed by atoms with Crippen molar-refractivity contribution in [2.75, 3.05) is 13.1 Å². The summed E-state index contributed by atoms with van der Waals surface area (Å²) in [6, 6.07) is 10.3. The van der Waals surface area contributed by atoms with Crippen LogP contribution in [0.15, 0.2) is 48.7 Å². The zero-order valence-corrected chi connectivity index (χ0v) is 17.1. The molecule has 0 radical (unpaired) electrons. The van der Waals surface area contributed by atoms with Gasteiger partial charge in [0.1, 0.15) is 11.6 Å². The number of carbonyl (C=O) groups is 1. The number of hydrogen-bond acceptors (Lipinski definition) is 3. The fraction of sp³-hybridized carbons (Fsp3) is 0.273. The van der Waals surface area contributed by atoms with Crippen LogP contribution in [0.4, 0.5) is 8.78 Å². The van der Waals surface area contributed by atoms with Crippen LogP contribution in [0, 0.1) is 11.6 Å². The second-order valence-electron chi connectivity index (χ2n) is 7.42. The standard InChI is InChI=1S/C22H21ClF2N4O/c1-29-21(5-7-27-29)13-2-3-18(19(23)10-13)22(30)28-20-12-26-6-4-17(20)14-8-15(24)11-16(25)9-14/h2-3,5,7-11,17,20,26H,4,6,12H2,1H3,(H,28,30)/t17-,20+/m0/s1. The molecule has 1 saturated heterocycles. The number of amides is 1. The number of piperidine rings is 1. The maximum atomic E-state index is 13.7. The van der Waals surface area contributed by atoms with Gasteiger partial charge in [-0.3, -0.25) is 9.48 Å². The maximum Gasteiger partial charge on any atom is 0.253 e. The monoisotopic (exact) mass is 430 g/mol. The molecule has 0 saturated carbocycles. The van der Waals surface area contributed by atoms with Crippen molar-refractivity contribution < 1.29 is 13.6 Å². The largest absolute Gasteiger partial charge is 0.347 e. The summed E-state index contributed by atoms with van der Waals surface area (Å²) in [5.41, 5.74) is 2.62. The van der Waals surface area contributed by atoms with Crippen LogP contribution in [0.2, 0.25) is 5.02 Å². The van der Waals surface area contributed by atoms with Crippen LogP contribution in [0.3, 0.4) is 0 Å². The highest BCUT2D eigenvalue weighted by atomic mass is 35.5. The lowest BCUT2D eigenvalue weighted by Crippen LogP contribution is -2.50. The van der Waals surface area contributed by atoms with Gasteiger partial charge in [-0.15, -0.1) is 0 Å². The van der Waals surface area contributed by atoms with Crippen LogP contribution in [0.25, 0.3) is 11.3 Å². The first-order chi connectivity index (χ1) is 14.4. The number of halogens is 3. The Bertz CT molecular complexity index is 1060. The number of aryl methyl sites for hydroxylation is 1. The SMILES string of the molecule is Cn1nccc1-c1ccc(C(=O)N[C@@H]2CNCC[C@H]2c2cc(F)cc(F)c2)c(Cl)c1. The summed E-state index contributed by atoms with van der Waals surface area (Å²) in [6.07, 6.45) is 2.34. The minimum Gasteiger partial charge on any atom is -0.347 e. The molecule has 3 aromatic rings. The maximum absolute atomic E-state index is 13.7. The Morgan fingerprint density at radius 1 is 1.20 bits per heavy atom. The van der Waals surface area contributed by atoms with Crippen molar-refractivity contribution in [3.8, 4) is 11.3 Å². The summed E-state index contributed by atoms with van der Waals surface area (Å²) in [5.74, 6) is -1.77. The van der Waals surface area contributed by atoms with Gasteiger partial charge in [0.2, 0.25) is 0 Å². The zero-order valence-electron chi connectivity index (χ0n) is 16.3. The molecule has 1 aliphatic heterocycles. The van der Waals surface area contributed by atoms with E-state index in [9.17, 15) is 13.6 Å². The molecular formula is C22H21ClF2N4O. The van der Waals surface area contributed by atoms with E-state index in [0.717, 1.165) is 17.3 Å². The smallest absolute Gasteiger partial charge is 0.253 e. The molecule has 1 aliphatic rings. The van der Waals surface area contributed by atoms with Crippen LogP contribution < -0.4 is 10.6 Å². The van der Waals surface area contributed by atoms with E-state index < -0.39 is 11.6 Å². The van der Waals surface area contributed by atoms with E-state index in [2.05, 4.69) is 15.7 Å². The molecule has 156 valence electrons. The van der Waals surface area contributed by atoms with E-state index >= 15 is 0 Å². The Balaban J connectivity index is 1.55. The van der Waals surface area contributed by atoms with Gasteiger partial charge in [-0.2, -0.15) is 5.10 Å². The second-order valence-corrected chi connectivity index (χ2v) is 7.82. The molecule has 0 spiro atoms. The molecule has 30 heavy (non-hydrogen) atoms. The van der Waals surface area contributed by atoms with E-state index in [4.69, 9.17) is 11.6 Å². The average molecular weight is 431 g/mol.